The number of hydrazine groups is 1. The molecule has 0 saturated carbocycles. The van der Waals surface area contributed by atoms with Gasteiger partial charge in [-0.05, 0) is 44.1 Å². The molecule has 0 radical (unpaired) electrons. The zero-order valence-electron chi connectivity index (χ0n) is 15.8. The number of hydrogen-bond donors (Lipinski definition) is 3. The van der Waals surface area contributed by atoms with Crippen LogP contribution in [0.2, 0.25) is 0 Å². The predicted octanol–water partition coefficient (Wildman–Crippen LogP) is 0.231. The molecule has 0 aliphatic carbocycles. The number of ether oxygens (including phenoxy) is 1. The normalized spacial score (nSPS) is 28.7. The molecule has 0 aromatic heterocycles. The fraction of sp³-hybridized carbons (Fsp3) is 0.632. The van der Waals surface area contributed by atoms with Crippen molar-refractivity contribution in [2.24, 2.45) is 11.8 Å². The van der Waals surface area contributed by atoms with E-state index in [0.717, 1.165) is 17.9 Å². The highest BCUT2D eigenvalue weighted by atomic mass is 16.5. The van der Waals surface area contributed by atoms with E-state index in [4.69, 9.17) is 4.74 Å². The van der Waals surface area contributed by atoms with Crippen molar-refractivity contribution < 1.29 is 14.6 Å². The van der Waals surface area contributed by atoms with E-state index in [0.29, 0.717) is 25.4 Å². The van der Waals surface area contributed by atoms with Crippen LogP contribution in [0.5, 0.6) is 5.75 Å². The number of nitrogens with zero attached hydrogens (tertiary/aromatic N) is 2. The molecule has 144 valence electrons. The molecule has 0 bridgehead atoms. The molecule has 1 amide bonds. The van der Waals surface area contributed by atoms with Crippen molar-refractivity contribution in [2.75, 3.05) is 47.4 Å². The van der Waals surface area contributed by atoms with E-state index in [9.17, 15) is 9.90 Å². The van der Waals surface area contributed by atoms with Gasteiger partial charge in [0, 0.05) is 38.2 Å². The summed E-state index contributed by atoms with van der Waals surface area (Å²) in [5.41, 5.74) is 7.52. The number of nitrogens with one attached hydrogen (secondary N) is 2. The lowest BCUT2D eigenvalue weighted by Crippen LogP contribution is -2.45. The number of amides is 1. The Hall–Kier alpha value is -1.67. The van der Waals surface area contributed by atoms with Crippen LogP contribution in [-0.4, -0.2) is 74.3 Å². The second-order valence-corrected chi connectivity index (χ2v) is 7.61. The number of methoxy groups -OCH3 is 1. The molecule has 2 heterocycles. The van der Waals surface area contributed by atoms with Gasteiger partial charge in [-0.25, -0.2) is 10.9 Å². The van der Waals surface area contributed by atoms with Gasteiger partial charge in [-0.3, -0.25) is 4.79 Å². The van der Waals surface area contributed by atoms with Crippen LogP contribution in [-0.2, 0) is 4.79 Å². The van der Waals surface area contributed by atoms with Crippen LogP contribution in [0.3, 0.4) is 0 Å². The first kappa shape index (κ1) is 19.1. The van der Waals surface area contributed by atoms with Gasteiger partial charge in [0.25, 0.3) is 0 Å². The number of carbonyl (C=O) groups is 1. The highest BCUT2D eigenvalue weighted by molar-refractivity contribution is 5.82. The second-order valence-electron chi connectivity index (χ2n) is 7.61. The summed E-state index contributed by atoms with van der Waals surface area (Å²) in [5, 5.41) is 9.65. The van der Waals surface area contributed by atoms with E-state index in [2.05, 4.69) is 15.8 Å². The van der Waals surface area contributed by atoms with Gasteiger partial charge in [-0.2, -0.15) is 0 Å². The molecule has 3 N–H and O–H groups in total. The Kier molecular flexibility index (Phi) is 6.13. The molecule has 2 unspecified atom stereocenters. The monoisotopic (exact) mass is 362 g/mol. The first-order valence-corrected chi connectivity index (χ1v) is 9.21. The minimum atomic E-state index is -0.237. The van der Waals surface area contributed by atoms with Crippen LogP contribution in [0.1, 0.15) is 18.0 Å². The number of rotatable bonds is 6. The van der Waals surface area contributed by atoms with Crippen molar-refractivity contribution >= 4 is 5.91 Å². The third kappa shape index (κ3) is 4.17. The summed E-state index contributed by atoms with van der Waals surface area (Å²) in [7, 11) is 5.71. The van der Waals surface area contributed by atoms with Crippen LogP contribution in [0.15, 0.2) is 24.3 Å². The van der Waals surface area contributed by atoms with E-state index in [1.807, 2.05) is 43.3 Å². The van der Waals surface area contributed by atoms with Gasteiger partial charge in [-0.15, -0.1) is 0 Å². The van der Waals surface area contributed by atoms with Gasteiger partial charge < -0.3 is 19.6 Å². The van der Waals surface area contributed by atoms with Crippen LogP contribution in [0.25, 0.3) is 0 Å². The van der Waals surface area contributed by atoms with Crippen molar-refractivity contribution in [3.05, 3.63) is 29.8 Å². The first-order valence-electron chi connectivity index (χ1n) is 9.21. The highest BCUT2D eigenvalue weighted by Gasteiger charge is 2.39. The standard InChI is InChI=1S/C19H30N4O3/c1-22(2)9-14-10-23(11-15(14)12-24)19(25)18-8-17(20-21-18)13-4-6-16(26-3)7-5-13/h4-7,14-15,17-18,20-21,24H,8-12H2,1-3H3/t14-,15-,17?,18?/m1/s1. The Morgan fingerprint density at radius 3 is 2.54 bits per heavy atom. The maximum Gasteiger partial charge on any atom is 0.241 e. The molecule has 2 fully saturated rings. The molecule has 3 rings (SSSR count). The number of aliphatic hydroxyl groups excluding tert-OH is 1. The van der Waals surface area contributed by atoms with E-state index in [-0.39, 0.29) is 30.5 Å². The Balaban J connectivity index is 1.58. The highest BCUT2D eigenvalue weighted by Crippen LogP contribution is 2.28. The maximum absolute atomic E-state index is 12.9. The smallest absolute Gasteiger partial charge is 0.241 e. The number of benzene rings is 1. The number of likely N-dealkylation sites (tertiary alicyclic amines) is 1. The van der Waals surface area contributed by atoms with Crippen LogP contribution < -0.4 is 15.6 Å². The molecule has 7 heteroatoms. The van der Waals surface area contributed by atoms with Gasteiger partial charge in [-0.1, -0.05) is 12.1 Å². The quantitative estimate of drug-likeness (QED) is 0.673. The van der Waals surface area contributed by atoms with Crippen molar-refractivity contribution in [1.29, 1.82) is 0 Å². The second kappa shape index (κ2) is 8.35. The topological polar surface area (TPSA) is 77.1 Å². The Morgan fingerprint density at radius 1 is 1.23 bits per heavy atom. The van der Waals surface area contributed by atoms with Crippen LogP contribution in [0.4, 0.5) is 0 Å². The maximum atomic E-state index is 12.9. The van der Waals surface area contributed by atoms with Crippen molar-refractivity contribution in [2.45, 2.75) is 18.5 Å². The number of aliphatic hydroxyl groups is 1. The van der Waals surface area contributed by atoms with E-state index in [1.54, 1.807) is 7.11 Å². The molecular weight excluding hydrogens is 332 g/mol. The van der Waals surface area contributed by atoms with Crippen molar-refractivity contribution in [1.82, 2.24) is 20.7 Å². The van der Waals surface area contributed by atoms with E-state index < -0.39 is 0 Å². The third-order valence-electron chi connectivity index (χ3n) is 5.44. The predicted molar refractivity (Wildman–Crippen MR) is 99.6 cm³/mol. The fourth-order valence-electron chi connectivity index (χ4n) is 3.99. The van der Waals surface area contributed by atoms with Gasteiger partial charge >= 0.3 is 0 Å². The largest absolute Gasteiger partial charge is 0.497 e. The molecule has 1 aromatic rings. The first-order chi connectivity index (χ1) is 12.5. The summed E-state index contributed by atoms with van der Waals surface area (Å²) < 4.78 is 5.20. The minimum absolute atomic E-state index is 0.101. The van der Waals surface area contributed by atoms with Gasteiger partial charge in [0.1, 0.15) is 11.8 Å². The molecule has 26 heavy (non-hydrogen) atoms. The third-order valence-corrected chi connectivity index (χ3v) is 5.44. The molecule has 2 aliphatic rings. The van der Waals surface area contributed by atoms with Gasteiger partial charge in [0.05, 0.1) is 7.11 Å². The fourth-order valence-corrected chi connectivity index (χ4v) is 3.99. The minimum Gasteiger partial charge on any atom is -0.497 e. The molecule has 0 spiro atoms. The summed E-state index contributed by atoms with van der Waals surface area (Å²) in [6.45, 7) is 2.37. The molecule has 1 aromatic carbocycles. The molecule has 2 saturated heterocycles. The van der Waals surface area contributed by atoms with Gasteiger partial charge in [0.15, 0.2) is 0 Å². The summed E-state index contributed by atoms with van der Waals surface area (Å²) in [6.07, 6.45) is 0.712. The van der Waals surface area contributed by atoms with E-state index >= 15 is 0 Å². The lowest BCUT2D eigenvalue weighted by atomic mass is 9.97. The van der Waals surface area contributed by atoms with E-state index in [1.165, 1.54) is 0 Å². The zero-order valence-corrected chi connectivity index (χ0v) is 15.8. The molecule has 4 atom stereocenters. The average Bonchev–Trinajstić information content (AvgIpc) is 3.28. The Bertz CT molecular complexity index is 607. The SMILES string of the molecule is COc1ccc(C2CC(C(=O)N3C[C@@H](CN(C)C)[C@@H](CO)C3)NN2)cc1. The van der Waals surface area contributed by atoms with Crippen LogP contribution in [0, 0.1) is 11.8 Å². The summed E-state index contributed by atoms with van der Waals surface area (Å²) >= 11 is 0. The average molecular weight is 362 g/mol. The lowest BCUT2D eigenvalue weighted by molar-refractivity contribution is -0.132. The number of carbonyl (C=O) groups excluding carboxylic acids is 1. The molecular formula is C19H30N4O3. The zero-order chi connectivity index (χ0) is 18.7. The summed E-state index contributed by atoms with van der Waals surface area (Å²) in [4.78, 5) is 17.0. The van der Waals surface area contributed by atoms with Crippen molar-refractivity contribution in [3.8, 4) is 5.75 Å². The summed E-state index contributed by atoms with van der Waals surface area (Å²) in [5.74, 6) is 1.43. The Morgan fingerprint density at radius 2 is 1.92 bits per heavy atom. The van der Waals surface area contributed by atoms with Crippen molar-refractivity contribution in [3.63, 3.8) is 0 Å². The Labute approximate surface area is 155 Å². The number of hydrogen-bond acceptors (Lipinski definition) is 6. The summed E-state index contributed by atoms with van der Waals surface area (Å²) in [6, 6.07) is 7.78. The van der Waals surface area contributed by atoms with Crippen LogP contribution >= 0.6 is 0 Å². The van der Waals surface area contributed by atoms with Gasteiger partial charge in [0.2, 0.25) is 5.91 Å². The molecule has 7 nitrogen and oxygen atoms in total. The lowest BCUT2D eigenvalue weighted by Gasteiger charge is -2.21. The molecule has 2 aliphatic heterocycles.